The fraction of sp³-hybridized carbons (Fsp3) is 0.318. The van der Waals surface area contributed by atoms with Crippen LogP contribution in [0.5, 0.6) is 11.5 Å². The molecule has 3 rings (SSSR count). The van der Waals surface area contributed by atoms with Crippen molar-refractivity contribution in [3.63, 3.8) is 0 Å². The quantitative estimate of drug-likeness (QED) is 0.371. The molecular formula is C22H25ClN4O6S. The molecule has 0 radical (unpaired) electrons. The lowest BCUT2D eigenvalue weighted by molar-refractivity contribution is -0.124. The summed E-state index contributed by atoms with van der Waals surface area (Å²) in [5.41, 5.74) is 8.11. The zero-order valence-electron chi connectivity index (χ0n) is 18.4. The third kappa shape index (κ3) is 6.25. The minimum absolute atomic E-state index is 0.0715. The number of rotatable bonds is 10. The lowest BCUT2D eigenvalue weighted by atomic mass is 10.2. The van der Waals surface area contributed by atoms with Gasteiger partial charge in [-0.2, -0.15) is 9.41 Å². The van der Waals surface area contributed by atoms with Crippen LogP contribution in [-0.4, -0.2) is 56.6 Å². The van der Waals surface area contributed by atoms with Gasteiger partial charge in [-0.25, -0.2) is 13.8 Å². The Morgan fingerprint density at radius 2 is 1.94 bits per heavy atom. The lowest BCUT2D eigenvalue weighted by Gasteiger charge is -2.22. The van der Waals surface area contributed by atoms with Crippen LogP contribution in [0.15, 0.2) is 52.5 Å². The Balaban J connectivity index is 1.68. The number of hydrogen-bond donors (Lipinski definition) is 2. The molecule has 2 aromatic rings. The second-order valence-corrected chi connectivity index (χ2v) is 9.68. The van der Waals surface area contributed by atoms with Crippen LogP contribution >= 0.6 is 11.6 Å². The second-order valence-electron chi connectivity index (χ2n) is 7.36. The Morgan fingerprint density at radius 1 is 1.21 bits per heavy atom. The largest absolute Gasteiger partial charge is 0.490 e. The number of nitrogens with two attached hydrogens (primary N) is 1. The fourth-order valence-corrected chi connectivity index (χ4v) is 5.20. The molecule has 34 heavy (non-hydrogen) atoms. The number of sulfonamides is 1. The van der Waals surface area contributed by atoms with Crippen molar-refractivity contribution in [3.05, 3.63) is 53.1 Å². The summed E-state index contributed by atoms with van der Waals surface area (Å²) in [5.74, 6) is -0.418. The van der Waals surface area contributed by atoms with Gasteiger partial charge in [-0.3, -0.25) is 9.59 Å². The first kappa shape index (κ1) is 25.5. The van der Waals surface area contributed by atoms with E-state index in [1.165, 1.54) is 34.8 Å². The summed E-state index contributed by atoms with van der Waals surface area (Å²) < 4.78 is 38.0. The van der Waals surface area contributed by atoms with Crippen molar-refractivity contribution in [2.75, 3.05) is 19.8 Å². The number of hydrazone groups is 1. The highest BCUT2D eigenvalue weighted by Crippen LogP contribution is 2.29. The maximum Gasteiger partial charge on any atom is 0.258 e. The minimum atomic E-state index is -3.86. The monoisotopic (exact) mass is 508 g/mol. The van der Waals surface area contributed by atoms with E-state index >= 15 is 0 Å². The Bertz CT molecular complexity index is 1170. The molecule has 10 nitrogen and oxygen atoms in total. The molecule has 0 aromatic heterocycles. The Hall–Kier alpha value is -3.15. The average Bonchev–Trinajstić information content (AvgIpc) is 3.30. The number of nitrogens with one attached hydrogen (secondary N) is 1. The first-order valence-corrected chi connectivity index (χ1v) is 12.3. The normalized spacial score (nSPS) is 16.5. The van der Waals surface area contributed by atoms with Gasteiger partial charge in [-0.1, -0.05) is 11.6 Å². The number of hydrogen-bond acceptors (Lipinski definition) is 7. The molecule has 12 heteroatoms. The topological polar surface area (TPSA) is 140 Å². The molecule has 0 saturated carbocycles. The van der Waals surface area contributed by atoms with E-state index in [1.54, 1.807) is 25.1 Å². The molecule has 1 saturated heterocycles. The van der Waals surface area contributed by atoms with Gasteiger partial charge in [0.05, 0.1) is 17.7 Å². The molecule has 1 atom stereocenters. The molecule has 1 fully saturated rings. The van der Waals surface area contributed by atoms with E-state index in [4.69, 9.17) is 26.8 Å². The van der Waals surface area contributed by atoms with Gasteiger partial charge in [-0.05, 0) is 67.8 Å². The molecule has 0 bridgehead atoms. The van der Waals surface area contributed by atoms with E-state index < -0.39 is 27.9 Å². The smallest absolute Gasteiger partial charge is 0.258 e. The van der Waals surface area contributed by atoms with Crippen LogP contribution in [0.2, 0.25) is 5.02 Å². The SMILES string of the molecule is CCOc1cc(/C=N\NC(=O)[C@@H]2CCCN2S(=O)(=O)c2ccc(Cl)cc2)ccc1OCC(N)=O. The van der Waals surface area contributed by atoms with Crippen LogP contribution < -0.4 is 20.6 Å². The Morgan fingerprint density at radius 3 is 2.62 bits per heavy atom. The van der Waals surface area contributed by atoms with Crippen LogP contribution in [0.3, 0.4) is 0 Å². The van der Waals surface area contributed by atoms with Crippen molar-refractivity contribution in [1.82, 2.24) is 9.73 Å². The van der Waals surface area contributed by atoms with Gasteiger partial charge in [0.2, 0.25) is 10.0 Å². The summed E-state index contributed by atoms with van der Waals surface area (Å²) in [6, 6.07) is 9.81. The van der Waals surface area contributed by atoms with Crippen LogP contribution in [0.1, 0.15) is 25.3 Å². The fourth-order valence-electron chi connectivity index (χ4n) is 3.42. The van der Waals surface area contributed by atoms with Crippen molar-refractivity contribution < 1.29 is 27.5 Å². The summed E-state index contributed by atoms with van der Waals surface area (Å²) in [5, 5.41) is 4.38. The van der Waals surface area contributed by atoms with Crippen molar-refractivity contribution in [2.45, 2.75) is 30.7 Å². The highest BCUT2D eigenvalue weighted by molar-refractivity contribution is 7.89. The second kappa shape index (κ2) is 11.3. The van der Waals surface area contributed by atoms with Gasteiger partial charge >= 0.3 is 0 Å². The van der Waals surface area contributed by atoms with E-state index in [-0.39, 0.29) is 18.0 Å². The lowest BCUT2D eigenvalue weighted by Crippen LogP contribution is -2.44. The molecular weight excluding hydrogens is 484 g/mol. The minimum Gasteiger partial charge on any atom is -0.490 e. The highest BCUT2D eigenvalue weighted by Gasteiger charge is 2.39. The van der Waals surface area contributed by atoms with E-state index in [0.29, 0.717) is 41.5 Å². The molecule has 1 heterocycles. The molecule has 3 N–H and O–H groups in total. The van der Waals surface area contributed by atoms with Crippen LogP contribution in [-0.2, 0) is 19.6 Å². The number of carbonyl (C=O) groups excluding carboxylic acids is 2. The first-order valence-electron chi connectivity index (χ1n) is 10.5. The molecule has 0 spiro atoms. The third-order valence-corrected chi connectivity index (χ3v) is 7.13. The number of primary amides is 1. The maximum atomic E-state index is 13.0. The number of amides is 2. The van der Waals surface area contributed by atoms with E-state index in [9.17, 15) is 18.0 Å². The number of halogens is 1. The molecule has 1 aliphatic rings. The zero-order chi connectivity index (χ0) is 24.7. The standard InChI is InChI=1S/C22H25ClN4O6S/c1-2-32-20-12-15(5-10-19(20)33-14-21(24)28)13-25-26-22(29)18-4-3-11-27(18)34(30,31)17-8-6-16(23)7-9-17/h5-10,12-13,18H,2-4,11,14H2,1H3,(H2,24,28)(H,26,29)/b25-13-/t18-/m0/s1. The Kier molecular flexibility index (Phi) is 8.48. The third-order valence-electron chi connectivity index (χ3n) is 4.95. The first-order chi connectivity index (χ1) is 16.2. The van der Waals surface area contributed by atoms with Crippen LogP contribution in [0.4, 0.5) is 0 Å². The molecule has 182 valence electrons. The predicted molar refractivity (Wildman–Crippen MR) is 126 cm³/mol. The van der Waals surface area contributed by atoms with Crippen molar-refractivity contribution in [3.8, 4) is 11.5 Å². The Labute approximate surface area is 202 Å². The zero-order valence-corrected chi connectivity index (χ0v) is 20.0. The molecule has 2 amide bonds. The molecule has 2 aromatic carbocycles. The number of ether oxygens (including phenoxy) is 2. The summed E-state index contributed by atoms with van der Waals surface area (Å²) in [4.78, 5) is 23.7. The van der Waals surface area contributed by atoms with Gasteiger partial charge < -0.3 is 15.2 Å². The maximum absolute atomic E-state index is 13.0. The summed E-state index contributed by atoms with van der Waals surface area (Å²) >= 11 is 5.85. The summed E-state index contributed by atoms with van der Waals surface area (Å²) in [6.07, 6.45) is 2.33. The van der Waals surface area contributed by atoms with E-state index in [0.717, 1.165) is 0 Å². The van der Waals surface area contributed by atoms with Crippen molar-refractivity contribution in [2.24, 2.45) is 10.8 Å². The van der Waals surface area contributed by atoms with Gasteiger partial charge in [0, 0.05) is 11.6 Å². The van der Waals surface area contributed by atoms with Crippen LogP contribution in [0, 0.1) is 0 Å². The van der Waals surface area contributed by atoms with Crippen molar-refractivity contribution in [1.29, 1.82) is 0 Å². The average molecular weight is 509 g/mol. The van der Waals surface area contributed by atoms with E-state index in [2.05, 4.69) is 10.5 Å². The highest BCUT2D eigenvalue weighted by atomic mass is 35.5. The van der Waals surface area contributed by atoms with E-state index in [1.807, 2.05) is 0 Å². The van der Waals surface area contributed by atoms with Crippen LogP contribution in [0.25, 0.3) is 0 Å². The predicted octanol–water partition coefficient (Wildman–Crippen LogP) is 1.91. The van der Waals surface area contributed by atoms with Gasteiger partial charge in [-0.15, -0.1) is 0 Å². The van der Waals surface area contributed by atoms with Gasteiger partial charge in [0.15, 0.2) is 18.1 Å². The van der Waals surface area contributed by atoms with Gasteiger partial charge in [0.25, 0.3) is 11.8 Å². The summed E-state index contributed by atoms with van der Waals surface area (Å²) in [6.45, 7) is 2.10. The molecule has 0 unspecified atom stereocenters. The molecule has 0 aliphatic carbocycles. The number of carbonyl (C=O) groups is 2. The number of benzene rings is 2. The summed E-state index contributed by atoms with van der Waals surface area (Å²) in [7, 11) is -3.86. The number of nitrogens with zero attached hydrogens (tertiary/aromatic N) is 2. The van der Waals surface area contributed by atoms with Crippen molar-refractivity contribution >= 4 is 39.7 Å². The molecule has 1 aliphatic heterocycles. The van der Waals surface area contributed by atoms with Gasteiger partial charge in [0.1, 0.15) is 6.04 Å².